The van der Waals surface area contributed by atoms with Crippen molar-refractivity contribution < 1.29 is 4.57 Å². The van der Waals surface area contributed by atoms with Gasteiger partial charge in [-0.1, -0.05) is 32.4 Å². The zero-order chi connectivity index (χ0) is 12.2. The molecule has 0 spiro atoms. The zero-order valence-corrected chi connectivity index (χ0v) is 10.7. The predicted molar refractivity (Wildman–Crippen MR) is 63.8 cm³/mol. The van der Waals surface area contributed by atoms with Gasteiger partial charge in [0.25, 0.3) is 5.82 Å². The van der Waals surface area contributed by atoms with Crippen LogP contribution >= 0.6 is 0 Å². The lowest BCUT2D eigenvalue weighted by atomic mass is 9.86. The van der Waals surface area contributed by atoms with E-state index < -0.39 is 0 Å². The van der Waals surface area contributed by atoms with Gasteiger partial charge in [-0.05, 0) is 11.8 Å². The molecule has 0 saturated carbocycles. The van der Waals surface area contributed by atoms with Crippen LogP contribution in [0.5, 0.6) is 0 Å². The fourth-order valence-electron chi connectivity index (χ4n) is 1.62. The van der Waals surface area contributed by atoms with Crippen LogP contribution in [0.2, 0.25) is 0 Å². The highest BCUT2D eigenvalue weighted by atomic mass is 16.3. The highest BCUT2D eigenvalue weighted by molar-refractivity contribution is 4.84. The van der Waals surface area contributed by atoms with Crippen LogP contribution in [0.25, 0.3) is 0 Å². The third kappa shape index (κ3) is 3.15. The Kier molecular flexibility index (Phi) is 4.21. The largest absolute Gasteiger partial charge is 0.281 e. The summed E-state index contributed by atoms with van der Waals surface area (Å²) in [5, 5.41) is 2.97. The van der Waals surface area contributed by atoms with Crippen LogP contribution < -0.4 is 4.57 Å². The average Bonchev–Trinajstić information content (AvgIpc) is 2.59. The third-order valence-corrected chi connectivity index (χ3v) is 3.40. The monoisotopic (exact) mass is 224 g/mol. The second-order valence-electron chi connectivity index (χ2n) is 5.07. The summed E-state index contributed by atoms with van der Waals surface area (Å²) in [6.45, 7) is 7.95. The lowest BCUT2D eigenvalue weighted by Gasteiger charge is -2.21. The summed E-state index contributed by atoms with van der Waals surface area (Å²) in [4.78, 5) is 10.4. The number of nitrogens with zero attached hydrogens (tertiary/aromatic N) is 3. The molecule has 0 radical (unpaired) electrons. The van der Waals surface area contributed by atoms with E-state index in [-0.39, 0.29) is 6.54 Å². The van der Waals surface area contributed by atoms with Crippen LogP contribution in [0.3, 0.4) is 0 Å². The van der Waals surface area contributed by atoms with E-state index in [1.54, 1.807) is 0 Å². The minimum Gasteiger partial charge on any atom is -0.235 e. The molecule has 0 bridgehead atoms. The SMILES string of the molecule is CCC(C)(C)CCn1cc[n+](C)c1CN=O. The number of rotatable bonds is 6. The Balaban J connectivity index is 2.70. The average molecular weight is 224 g/mol. The molecule has 1 aromatic heterocycles. The molecule has 0 unspecified atom stereocenters. The number of imidazole rings is 1. The first-order valence-corrected chi connectivity index (χ1v) is 5.83. The van der Waals surface area contributed by atoms with Gasteiger partial charge >= 0.3 is 0 Å². The Morgan fingerprint density at radius 1 is 1.50 bits per heavy atom. The molecule has 0 atom stereocenters. The lowest BCUT2D eigenvalue weighted by Crippen LogP contribution is -2.32. The van der Waals surface area contributed by atoms with E-state index in [2.05, 4.69) is 30.5 Å². The molecule has 0 amide bonds. The van der Waals surface area contributed by atoms with Crippen molar-refractivity contribution in [3.63, 3.8) is 0 Å². The van der Waals surface area contributed by atoms with Crippen molar-refractivity contribution in [3.8, 4) is 0 Å². The van der Waals surface area contributed by atoms with Crippen molar-refractivity contribution in [2.75, 3.05) is 0 Å². The minimum absolute atomic E-state index is 0.246. The van der Waals surface area contributed by atoms with Gasteiger partial charge < -0.3 is 0 Å². The topological polar surface area (TPSA) is 38.2 Å². The summed E-state index contributed by atoms with van der Waals surface area (Å²) in [5.74, 6) is 0.974. The molecular formula is C12H22N3O+. The summed E-state index contributed by atoms with van der Waals surface area (Å²) in [5.41, 5.74) is 0.356. The quantitative estimate of drug-likeness (QED) is 0.540. The maximum Gasteiger partial charge on any atom is 0.281 e. The van der Waals surface area contributed by atoms with Crippen molar-refractivity contribution >= 4 is 0 Å². The molecule has 4 nitrogen and oxygen atoms in total. The molecule has 0 aromatic carbocycles. The van der Waals surface area contributed by atoms with E-state index in [9.17, 15) is 4.91 Å². The standard InChI is InChI=1S/C12H22N3O/c1-5-12(2,3)6-7-15-9-8-14(4)11(15)10-13-16/h8-9H,5-7,10H2,1-4H3/q+1. The van der Waals surface area contributed by atoms with E-state index in [1.807, 2.05) is 24.0 Å². The van der Waals surface area contributed by atoms with E-state index in [0.29, 0.717) is 5.41 Å². The summed E-state index contributed by atoms with van der Waals surface area (Å²) in [6, 6.07) is 0. The van der Waals surface area contributed by atoms with E-state index in [0.717, 1.165) is 18.8 Å². The summed E-state index contributed by atoms with van der Waals surface area (Å²) in [7, 11) is 1.95. The van der Waals surface area contributed by atoms with E-state index in [1.165, 1.54) is 6.42 Å². The molecule has 4 heteroatoms. The van der Waals surface area contributed by atoms with Crippen LogP contribution in [-0.4, -0.2) is 4.57 Å². The second kappa shape index (κ2) is 5.23. The molecule has 90 valence electrons. The molecule has 16 heavy (non-hydrogen) atoms. The molecule has 0 N–H and O–H groups in total. The Labute approximate surface area is 97.3 Å². The first kappa shape index (κ1) is 12.9. The molecule has 0 fully saturated rings. The number of aromatic nitrogens is 2. The first-order valence-electron chi connectivity index (χ1n) is 5.83. The van der Waals surface area contributed by atoms with Crippen molar-refractivity contribution in [2.24, 2.45) is 17.6 Å². The Bertz CT molecular complexity index is 355. The van der Waals surface area contributed by atoms with E-state index >= 15 is 0 Å². The highest BCUT2D eigenvalue weighted by Gasteiger charge is 2.19. The molecule has 0 aliphatic heterocycles. The van der Waals surface area contributed by atoms with Gasteiger partial charge in [0.1, 0.15) is 12.4 Å². The van der Waals surface area contributed by atoms with Crippen molar-refractivity contribution in [3.05, 3.63) is 23.1 Å². The van der Waals surface area contributed by atoms with Gasteiger partial charge in [0.05, 0.1) is 13.6 Å². The Morgan fingerprint density at radius 2 is 2.19 bits per heavy atom. The fraction of sp³-hybridized carbons (Fsp3) is 0.750. The zero-order valence-electron chi connectivity index (χ0n) is 10.7. The van der Waals surface area contributed by atoms with Crippen LogP contribution in [0, 0.1) is 10.3 Å². The molecule has 1 heterocycles. The second-order valence-corrected chi connectivity index (χ2v) is 5.07. The van der Waals surface area contributed by atoms with Crippen molar-refractivity contribution in [2.45, 2.75) is 46.7 Å². The number of hydrogen-bond donors (Lipinski definition) is 0. The molecule has 1 aromatic rings. The van der Waals surface area contributed by atoms with Crippen LogP contribution in [0.4, 0.5) is 0 Å². The van der Waals surface area contributed by atoms with Crippen LogP contribution in [-0.2, 0) is 20.1 Å². The minimum atomic E-state index is 0.246. The van der Waals surface area contributed by atoms with Gasteiger partial charge in [0.15, 0.2) is 6.54 Å². The fourth-order valence-corrected chi connectivity index (χ4v) is 1.62. The van der Waals surface area contributed by atoms with Crippen molar-refractivity contribution in [1.82, 2.24) is 4.57 Å². The van der Waals surface area contributed by atoms with Crippen LogP contribution in [0.15, 0.2) is 17.6 Å². The summed E-state index contributed by atoms with van der Waals surface area (Å²) >= 11 is 0. The van der Waals surface area contributed by atoms with E-state index in [4.69, 9.17) is 0 Å². The lowest BCUT2D eigenvalue weighted by molar-refractivity contribution is -0.678. The molecule has 1 rings (SSSR count). The van der Waals surface area contributed by atoms with Gasteiger partial charge in [-0.2, -0.15) is 4.91 Å². The summed E-state index contributed by atoms with van der Waals surface area (Å²) < 4.78 is 4.08. The Hall–Kier alpha value is -1.19. The Morgan fingerprint density at radius 3 is 2.75 bits per heavy atom. The number of aryl methyl sites for hydroxylation is 2. The number of hydrogen-bond acceptors (Lipinski definition) is 2. The molecule has 0 aliphatic rings. The highest BCUT2D eigenvalue weighted by Crippen LogP contribution is 2.25. The maximum absolute atomic E-state index is 10.4. The molecular weight excluding hydrogens is 202 g/mol. The van der Waals surface area contributed by atoms with Gasteiger partial charge in [0.2, 0.25) is 0 Å². The normalized spacial score (nSPS) is 11.8. The van der Waals surface area contributed by atoms with Gasteiger partial charge in [-0.25, -0.2) is 9.13 Å². The maximum atomic E-state index is 10.4. The van der Waals surface area contributed by atoms with Crippen molar-refractivity contribution in [1.29, 1.82) is 0 Å². The number of nitroso groups, excluding NO2 is 1. The smallest absolute Gasteiger partial charge is 0.235 e. The molecule has 0 saturated heterocycles. The predicted octanol–water partition coefficient (Wildman–Crippen LogP) is 2.41. The van der Waals surface area contributed by atoms with Gasteiger partial charge in [-0.15, -0.1) is 0 Å². The first-order chi connectivity index (χ1) is 7.50. The molecule has 0 aliphatic carbocycles. The summed E-state index contributed by atoms with van der Waals surface area (Å²) in [6.07, 6.45) is 6.28. The van der Waals surface area contributed by atoms with Crippen LogP contribution in [0.1, 0.15) is 39.4 Å². The third-order valence-electron chi connectivity index (χ3n) is 3.40. The van der Waals surface area contributed by atoms with Gasteiger partial charge in [0, 0.05) is 0 Å². The van der Waals surface area contributed by atoms with Gasteiger partial charge in [-0.3, -0.25) is 0 Å².